The maximum Gasteiger partial charge on any atom is 0.227 e. The molecule has 2 aliphatic rings. The molecule has 1 heterocycles. The molecule has 1 aromatic rings. The summed E-state index contributed by atoms with van der Waals surface area (Å²) in [4.78, 5) is 14.8. The van der Waals surface area contributed by atoms with Crippen LogP contribution in [0.5, 0.6) is 0 Å². The molecule has 2 fully saturated rings. The summed E-state index contributed by atoms with van der Waals surface area (Å²) in [6.45, 7) is 5.87. The lowest BCUT2D eigenvalue weighted by Gasteiger charge is -2.37. The van der Waals surface area contributed by atoms with Gasteiger partial charge in [-0.05, 0) is 50.0 Å². The fourth-order valence-corrected chi connectivity index (χ4v) is 4.26. The van der Waals surface area contributed by atoms with Crippen LogP contribution in [-0.2, 0) is 9.53 Å². The van der Waals surface area contributed by atoms with Gasteiger partial charge in [0.2, 0.25) is 5.91 Å². The predicted octanol–water partition coefficient (Wildman–Crippen LogP) is 4.33. The van der Waals surface area contributed by atoms with Gasteiger partial charge in [0.25, 0.3) is 0 Å². The Kier molecular flexibility index (Phi) is 8.59. The van der Waals surface area contributed by atoms with Gasteiger partial charge in [0.1, 0.15) is 0 Å². The Morgan fingerprint density at radius 2 is 1.59 bits per heavy atom. The molecule has 1 saturated heterocycles. The van der Waals surface area contributed by atoms with Crippen molar-refractivity contribution in [2.75, 3.05) is 13.1 Å². The summed E-state index contributed by atoms with van der Waals surface area (Å²) in [5, 5.41) is 0. The fourth-order valence-electron chi connectivity index (χ4n) is 4.26. The summed E-state index contributed by atoms with van der Waals surface area (Å²) >= 11 is 0. The highest BCUT2D eigenvalue weighted by Gasteiger charge is 2.31. The first-order chi connectivity index (χ1) is 12.5. The Labute approximate surface area is 170 Å². The van der Waals surface area contributed by atoms with Crippen molar-refractivity contribution in [3.8, 4) is 0 Å². The first kappa shape index (κ1) is 22.2. The van der Waals surface area contributed by atoms with Crippen LogP contribution in [-0.4, -0.2) is 36.1 Å². The van der Waals surface area contributed by atoms with E-state index in [1.165, 1.54) is 25.7 Å². The molecule has 3 rings (SSSR count). The standard InChI is InChI=1S/C22H34N2O2.ClH/c1-16-8-10-19(11-9-16)26-20-12-14-24(15-13-20)22(25)17(2)21(23)18-6-4-3-5-7-18;/h3-7,16-17,19-21H,8-15,23H2,1-2H3;1H. The normalized spacial score (nSPS) is 26.1. The Bertz CT molecular complexity index is 567. The highest BCUT2D eigenvalue weighted by molar-refractivity contribution is 5.85. The molecule has 0 radical (unpaired) electrons. The van der Waals surface area contributed by atoms with Crippen molar-refractivity contribution >= 4 is 18.3 Å². The molecule has 27 heavy (non-hydrogen) atoms. The number of nitrogens with two attached hydrogens (primary N) is 1. The molecule has 2 N–H and O–H groups in total. The van der Waals surface area contributed by atoms with Gasteiger partial charge in [-0.25, -0.2) is 0 Å². The molecule has 1 aromatic carbocycles. The summed E-state index contributed by atoms with van der Waals surface area (Å²) in [6, 6.07) is 9.67. The third-order valence-corrected chi connectivity index (χ3v) is 6.21. The van der Waals surface area contributed by atoms with Crippen LogP contribution in [0.15, 0.2) is 30.3 Å². The van der Waals surface area contributed by atoms with E-state index in [1.807, 2.05) is 42.2 Å². The number of amides is 1. The van der Waals surface area contributed by atoms with Gasteiger partial charge in [0, 0.05) is 19.1 Å². The van der Waals surface area contributed by atoms with Crippen molar-refractivity contribution in [1.29, 1.82) is 0 Å². The van der Waals surface area contributed by atoms with Gasteiger partial charge < -0.3 is 15.4 Å². The fraction of sp³-hybridized carbons (Fsp3) is 0.682. The summed E-state index contributed by atoms with van der Waals surface area (Å²) in [6.07, 6.45) is 7.62. The summed E-state index contributed by atoms with van der Waals surface area (Å²) in [5.74, 6) is 0.825. The average Bonchev–Trinajstić information content (AvgIpc) is 2.69. The highest BCUT2D eigenvalue weighted by Crippen LogP contribution is 2.29. The van der Waals surface area contributed by atoms with Crippen molar-refractivity contribution < 1.29 is 9.53 Å². The molecule has 1 aliphatic carbocycles. The van der Waals surface area contributed by atoms with Crippen LogP contribution < -0.4 is 5.73 Å². The van der Waals surface area contributed by atoms with Gasteiger partial charge in [-0.2, -0.15) is 0 Å². The molecule has 1 amide bonds. The van der Waals surface area contributed by atoms with Gasteiger partial charge in [-0.3, -0.25) is 4.79 Å². The number of hydrogen-bond acceptors (Lipinski definition) is 3. The maximum atomic E-state index is 12.9. The second kappa shape index (κ2) is 10.4. The van der Waals surface area contributed by atoms with E-state index in [2.05, 4.69) is 6.92 Å². The largest absolute Gasteiger partial charge is 0.375 e. The summed E-state index contributed by atoms with van der Waals surface area (Å²) in [5.41, 5.74) is 7.36. The molecule has 0 spiro atoms. The molecule has 2 unspecified atom stereocenters. The predicted molar refractivity (Wildman–Crippen MR) is 112 cm³/mol. The number of hydrogen-bond donors (Lipinski definition) is 1. The Hall–Kier alpha value is -1.10. The minimum Gasteiger partial charge on any atom is -0.375 e. The molecule has 2 atom stereocenters. The van der Waals surface area contributed by atoms with Crippen molar-refractivity contribution in [1.82, 2.24) is 4.90 Å². The summed E-state index contributed by atoms with van der Waals surface area (Å²) < 4.78 is 6.32. The third-order valence-electron chi connectivity index (χ3n) is 6.21. The SMILES string of the molecule is CC1CCC(OC2CCN(C(=O)C(C)C(N)c3ccccc3)CC2)CC1.Cl. The van der Waals surface area contributed by atoms with Crippen LogP contribution in [0.2, 0.25) is 0 Å². The van der Waals surface area contributed by atoms with Gasteiger partial charge in [-0.1, -0.05) is 44.2 Å². The lowest BCUT2D eigenvalue weighted by Crippen LogP contribution is -2.45. The van der Waals surface area contributed by atoms with E-state index in [0.717, 1.165) is 37.4 Å². The van der Waals surface area contributed by atoms with Gasteiger partial charge >= 0.3 is 0 Å². The molecule has 0 bridgehead atoms. The number of carbonyl (C=O) groups is 1. The van der Waals surface area contributed by atoms with Crippen molar-refractivity contribution in [3.63, 3.8) is 0 Å². The van der Waals surface area contributed by atoms with E-state index in [4.69, 9.17) is 10.5 Å². The number of benzene rings is 1. The molecule has 4 nitrogen and oxygen atoms in total. The van der Waals surface area contributed by atoms with Crippen LogP contribution in [0, 0.1) is 11.8 Å². The third kappa shape index (κ3) is 5.94. The molecule has 152 valence electrons. The van der Waals surface area contributed by atoms with Crippen LogP contribution in [0.4, 0.5) is 0 Å². The monoisotopic (exact) mass is 394 g/mol. The first-order valence-corrected chi connectivity index (χ1v) is 10.3. The number of carbonyl (C=O) groups excluding carboxylic acids is 1. The minimum absolute atomic E-state index is 0. The Morgan fingerprint density at radius 3 is 2.19 bits per heavy atom. The molecule has 1 aliphatic heterocycles. The molecular formula is C22H35ClN2O2. The number of rotatable bonds is 5. The minimum atomic E-state index is -0.248. The van der Waals surface area contributed by atoms with E-state index < -0.39 is 0 Å². The lowest BCUT2D eigenvalue weighted by molar-refractivity contribution is -0.139. The number of ether oxygens (including phenoxy) is 1. The van der Waals surface area contributed by atoms with Crippen molar-refractivity contribution in [3.05, 3.63) is 35.9 Å². The van der Waals surface area contributed by atoms with Gasteiger partial charge in [-0.15, -0.1) is 12.4 Å². The second-order valence-electron chi connectivity index (χ2n) is 8.27. The summed E-state index contributed by atoms with van der Waals surface area (Å²) in [7, 11) is 0. The van der Waals surface area contributed by atoms with E-state index in [9.17, 15) is 4.79 Å². The van der Waals surface area contributed by atoms with E-state index in [-0.39, 0.29) is 30.3 Å². The topological polar surface area (TPSA) is 55.6 Å². The van der Waals surface area contributed by atoms with Crippen LogP contribution >= 0.6 is 12.4 Å². The van der Waals surface area contributed by atoms with E-state index >= 15 is 0 Å². The van der Waals surface area contributed by atoms with Crippen LogP contribution in [0.1, 0.15) is 64.0 Å². The molecular weight excluding hydrogens is 360 g/mol. The van der Waals surface area contributed by atoms with Crippen molar-refractivity contribution in [2.45, 2.75) is 70.6 Å². The zero-order valence-corrected chi connectivity index (χ0v) is 17.5. The molecule has 5 heteroatoms. The molecule has 1 saturated carbocycles. The smallest absolute Gasteiger partial charge is 0.227 e. The van der Waals surface area contributed by atoms with Crippen LogP contribution in [0.3, 0.4) is 0 Å². The molecule has 0 aromatic heterocycles. The second-order valence-corrected chi connectivity index (χ2v) is 8.27. The average molecular weight is 395 g/mol. The number of nitrogens with zero attached hydrogens (tertiary/aromatic N) is 1. The number of piperidine rings is 1. The zero-order valence-electron chi connectivity index (χ0n) is 16.7. The zero-order chi connectivity index (χ0) is 18.5. The number of halogens is 1. The van der Waals surface area contributed by atoms with E-state index in [1.54, 1.807) is 0 Å². The van der Waals surface area contributed by atoms with Gasteiger partial charge in [0.15, 0.2) is 0 Å². The van der Waals surface area contributed by atoms with Gasteiger partial charge in [0.05, 0.1) is 18.1 Å². The van der Waals surface area contributed by atoms with E-state index in [0.29, 0.717) is 12.2 Å². The Balaban J connectivity index is 0.00000261. The number of likely N-dealkylation sites (tertiary alicyclic amines) is 1. The maximum absolute atomic E-state index is 12.9. The van der Waals surface area contributed by atoms with Crippen molar-refractivity contribution in [2.24, 2.45) is 17.6 Å². The first-order valence-electron chi connectivity index (χ1n) is 10.3. The Morgan fingerprint density at radius 1 is 1.04 bits per heavy atom. The highest BCUT2D eigenvalue weighted by atomic mass is 35.5. The quantitative estimate of drug-likeness (QED) is 0.808. The van der Waals surface area contributed by atoms with Crippen LogP contribution in [0.25, 0.3) is 0 Å². The lowest BCUT2D eigenvalue weighted by atomic mass is 9.88.